The van der Waals surface area contributed by atoms with Gasteiger partial charge in [-0.05, 0) is 41.8 Å². The number of nitrogens with one attached hydrogen (secondary N) is 2. The summed E-state index contributed by atoms with van der Waals surface area (Å²) in [6.07, 6.45) is 4.03. The van der Waals surface area contributed by atoms with E-state index in [4.69, 9.17) is 9.47 Å². The first-order valence-electron chi connectivity index (χ1n) is 8.55. The lowest BCUT2D eigenvalue weighted by atomic mass is 10.1. The first-order chi connectivity index (χ1) is 13.1. The maximum absolute atomic E-state index is 11.9. The highest BCUT2D eigenvalue weighted by molar-refractivity contribution is 5.74. The van der Waals surface area contributed by atoms with Crippen molar-refractivity contribution in [3.05, 3.63) is 74.3 Å². The zero-order chi connectivity index (χ0) is 19.2. The number of ether oxygens (including phenoxy) is 2. The smallest absolute Gasteiger partial charge is 0.253 e. The molecule has 2 N–H and O–H groups in total. The highest BCUT2D eigenvalue weighted by Crippen LogP contribution is 2.27. The summed E-state index contributed by atoms with van der Waals surface area (Å²) in [6, 6.07) is 9.37. The second kappa shape index (κ2) is 8.35. The second-order valence-corrected chi connectivity index (χ2v) is 5.98. The molecule has 3 rings (SSSR count). The van der Waals surface area contributed by atoms with E-state index in [-0.39, 0.29) is 0 Å². The van der Waals surface area contributed by atoms with Gasteiger partial charge in [0, 0.05) is 25.5 Å². The van der Waals surface area contributed by atoms with Crippen molar-refractivity contribution in [3.8, 4) is 11.5 Å². The first-order valence-corrected chi connectivity index (χ1v) is 8.55. The van der Waals surface area contributed by atoms with E-state index in [1.54, 1.807) is 26.6 Å². The van der Waals surface area contributed by atoms with Crippen molar-refractivity contribution in [3.63, 3.8) is 0 Å². The summed E-state index contributed by atoms with van der Waals surface area (Å²) < 4.78 is 10.5. The average Bonchev–Trinajstić information content (AvgIpc) is 2.72. The van der Waals surface area contributed by atoms with E-state index < -0.39 is 10.9 Å². The standard InChI is InChI=1S/C20H21N3O4/c1-26-15-4-3-13(11-16(15)27-2)7-10-22-17-18(20(25)19(17)24)23-12-14-5-8-21-9-6-14/h3-6,8-9,11,22-23H,7,10,12H2,1-2H3. The van der Waals surface area contributed by atoms with Crippen molar-refractivity contribution in [1.82, 2.24) is 4.98 Å². The van der Waals surface area contributed by atoms with Crippen LogP contribution in [0.3, 0.4) is 0 Å². The molecule has 0 fully saturated rings. The van der Waals surface area contributed by atoms with Crippen molar-refractivity contribution in [2.24, 2.45) is 0 Å². The minimum absolute atomic E-state index is 0.337. The van der Waals surface area contributed by atoms with E-state index in [9.17, 15) is 9.59 Å². The first kappa shape index (κ1) is 18.4. The molecule has 7 nitrogen and oxygen atoms in total. The largest absolute Gasteiger partial charge is 0.493 e. The summed E-state index contributed by atoms with van der Waals surface area (Å²) in [7, 11) is 3.18. The Morgan fingerprint density at radius 2 is 1.52 bits per heavy atom. The van der Waals surface area contributed by atoms with E-state index >= 15 is 0 Å². The minimum Gasteiger partial charge on any atom is -0.493 e. The van der Waals surface area contributed by atoms with Gasteiger partial charge in [0.1, 0.15) is 11.4 Å². The van der Waals surface area contributed by atoms with E-state index in [0.29, 0.717) is 42.4 Å². The number of rotatable bonds is 9. The molecule has 0 saturated heterocycles. The molecule has 1 heterocycles. The summed E-state index contributed by atoms with van der Waals surface area (Å²) >= 11 is 0. The Morgan fingerprint density at radius 1 is 0.852 bits per heavy atom. The lowest BCUT2D eigenvalue weighted by molar-refractivity contribution is 0.354. The van der Waals surface area contributed by atoms with Crippen LogP contribution in [0.2, 0.25) is 0 Å². The average molecular weight is 367 g/mol. The SMILES string of the molecule is COc1ccc(CCNc2c(NCc3ccncc3)c(=O)c2=O)cc1OC. The van der Waals surface area contributed by atoms with Gasteiger partial charge in [-0.2, -0.15) is 0 Å². The lowest BCUT2D eigenvalue weighted by Gasteiger charge is -2.15. The quantitative estimate of drug-likeness (QED) is 0.559. The Bertz CT molecular complexity index is 979. The highest BCUT2D eigenvalue weighted by Gasteiger charge is 2.20. The van der Waals surface area contributed by atoms with E-state index in [0.717, 1.165) is 11.1 Å². The highest BCUT2D eigenvalue weighted by atomic mass is 16.5. The van der Waals surface area contributed by atoms with Crippen LogP contribution in [-0.4, -0.2) is 25.7 Å². The van der Waals surface area contributed by atoms with Gasteiger partial charge in [-0.15, -0.1) is 0 Å². The summed E-state index contributed by atoms with van der Waals surface area (Å²) in [4.78, 5) is 27.6. The van der Waals surface area contributed by atoms with Crippen LogP contribution >= 0.6 is 0 Å². The Hall–Kier alpha value is -3.35. The van der Waals surface area contributed by atoms with Crippen LogP contribution in [0, 0.1) is 0 Å². The molecular formula is C20H21N3O4. The number of hydrogen-bond donors (Lipinski definition) is 2. The van der Waals surface area contributed by atoms with E-state index in [1.807, 2.05) is 30.3 Å². The Kier molecular flexibility index (Phi) is 5.71. The fourth-order valence-electron chi connectivity index (χ4n) is 2.79. The number of aromatic nitrogens is 1. The zero-order valence-corrected chi connectivity index (χ0v) is 15.2. The van der Waals surface area contributed by atoms with Crippen LogP contribution in [0.5, 0.6) is 11.5 Å². The minimum atomic E-state index is -0.488. The monoisotopic (exact) mass is 367 g/mol. The predicted octanol–water partition coefficient (Wildman–Crippen LogP) is 1.96. The second-order valence-electron chi connectivity index (χ2n) is 5.98. The van der Waals surface area contributed by atoms with Gasteiger partial charge in [0.2, 0.25) is 0 Å². The molecule has 0 unspecified atom stereocenters. The molecule has 0 aliphatic carbocycles. The molecule has 0 spiro atoms. The Balaban J connectivity index is 1.60. The van der Waals surface area contributed by atoms with Gasteiger partial charge in [0.25, 0.3) is 10.9 Å². The van der Waals surface area contributed by atoms with Crippen molar-refractivity contribution in [2.75, 3.05) is 31.4 Å². The van der Waals surface area contributed by atoms with Crippen LogP contribution < -0.4 is 31.0 Å². The van der Waals surface area contributed by atoms with Crippen LogP contribution in [0.1, 0.15) is 11.1 Å². The summed E-state index contributed by atoms with van der Waals surface area (Å²) in [5.74, 6) is 1.32. The van der Waals surface area contributed by atoms with Gasteiger partial charge in [0.05, 0.1) is 14.2 Å². The summed E-state index contributed by atoms with van der Waals surface area (Å²) in [5.41, 5.74) is 1.72. The zero-order valence-electron chi connectivity index (χ0n) is 15.2. The topological polar surface area (TPSA) is 89.5 Å². The molecule has 0 aliphatic rings. The number of anilines is 2. The molecule has 0 bridgehead atoms. The fraction of sp³-hybridized carbons (Fsp3) is 0.250. The Labute approximate surface area is 156 Å². The van der Waals surface area contributed by atoms with Crippen molar-refractivity contribution < 1.29 is 9.47 Å². The summed E-state index contributed by atoms with van der Waals surface area (Å²) in [5, 5.41) is 6.09. The van der Waals surface area contributed by atoms with Gasteiger partial charge >= 0.3 is 0 Å². The van der Waals surface area contributed by atoms with E-state index in [1.165, 1.54) is 0 Å². The molecule has 140 valence electrons. The molecule has 1 aromatic heterocycles. The van der Waals surface area contributed by atoms with Gasteiger partial charge in [-0.25, -0.2) is 0 Å². The number of methoxy groups -OCH3 is 2. The molecule has 27 heavy (non-hydrogen) atoms. The molecule has 0 atom stereocenters. The maximum atomic E-state index is 11.9. The fourth-order valence-corrected chi connectivity index (χ4v) is 2.79. The lowest BCUT2D eigenvalue weighted by Crippen LogP contribution is -2.37. The number of nitrogens with zero attached hydrogens (tertiary/aromatic N) is 1. The van der Waals surface area contributed by atoms with Gasteiger partial charge in [-0.3, -0.25) is 14.6 Å². The number of pyridine rings is 1. The third-order valence-electron chi connectivity index (χ3n) is 4.29. The third kappa shape index (κ3) is 4.08. The molecule has 0 radical (unpaired) electrons. The Morgan fingerprint density at radius 3 is 2.19 bits per heavy atom. The van der Waals surface area contributed by atoms with E-state index in [2.05, 4.69) is 15.6 Å². The van der Waals surface area contributed by atoms with Crippen molar-refractivity contribution in [1.29, 1.82) is 0 Å². The molecule has 0 aliphatic heterocycles. The van der Waals surface area contributed by atoms with Crippen LogP contribution in [0.4, 0.5) is 11.4 Å². The molecular weight excluding hydrogens is 346 g/mol. The van der Waals surface area contributed by atoms with Gasteiger partial charge < -0.3 is 20.1 Å². The van der Waals surface area contributed by atoms with Gasteiger partial charge in [-0.1, -0.05) is 6.07 Å². The molecule has 3 aromatic rings. The van der Waals surface area contributed by atoms with Crippen LogP contribution in [-0.2, 0) is 13.0 Å². The maximum Gasteiger partial charge on any atom is 0.253 e. The predicted molar refractivity (Wildman–Crippen MR) is 105 cm³/mol. The number of benzene rings is 1. The molecule has 2 aromatic carbocycles. The molecule has 0 saturated carbocycles. The van der Waals surface area contributed by atoms with Crippen LogP contribution in [0.25, 0.3) is 0 Å². The van der Waals surface area contributed by atoms with Crippen molar-refractivity contribution in [2.45, 2.75) is 13.0 Å². The molecule has 7 heteroatoms. The van der Waals surface area contributed by atoms with Gasteiger partial charge in [0.15, 0.2) is 11.5 Å². The van der Waals surface area contributed by atoms with Crippen molar-refractivity contribution >= 4 is 11.4 Å². The third-order valence-corrected chi connectivity index (χ3v) is 4.29. The number of hydrogen-bond acceptors (Lipinski definition) is 7. The molecule has 0 amide bonds. The summed E-state index contributed by atoms with van der Waals surface area (Å²) in [6.45, 7) is 0.974. The normalized spacial score (nSPS) is 10.6. The van der Waals surface area contributed by atoms with Crippen LogP contribution in [0.15, 0.2) is 52.3 Å².